The minimum absolute atomic E-state index is 0.0991. The van der Waals surface area contributed by atoms with Gasteiger partial charge in [-0.25, -0.2) is 4.79 Å². The SMILES string of the molecule is CCC(C)(CCO)OCCOc1ccc(C(=O)O)cc1. The highest BCUT2D eigenvalue weighted by molar-refractivity contribution is 5.87. The summed E-state index contributed by atoms with van der Waals surface area (Å²) in [6, 6.07) is 6.24. The Hall–Kier alpha value is -1.59. The van der Waals surface area contributed by atoms with Crippen LogP contribution in [0.4, 0.5) is 0 Å². The molecule has 0 aliphatic heterocycles. The number of carboxylic acids is 1. The van der Waals surface area contributed by atoms with E-state index < -0.39 is 5.97 Å². The average Bonchev–Trinajstić information content (AvgIpc) is 2.44. The zero-order valence-electron chi connectivity index (χ0n) is 12.0. The van der Waals surface area contributed by atoms with E-state index in [1.54, 1.807) is 12.1 Å². The van der Waals surface area contributed by atoms with E-state index in [0.717, 1.165) is 6.42 Å². The maximum absolute atomic E-state index is 10.7. The number of hydrogen-bond donors (Lipinski definition) is 2. The Morgan fingerprint density at radius 2 is 1.90 bits per heavy atom. The molecule has 1 aromatic carbocycles. The lowest BCUT2D eigenvalue weighted by molar-refractivity contribution is -0.0580. The lowest BCUT2D eigenvalue weighted by atomic mass is 9.99. The quantitative estimate of drug-likeness (QED) is 0.680. The van der Waals surface area contributed by atoms with Gasteiger partial charge in [0, 0.05) is 6.61 Å². The summed E-state index contributed by atoms with van der Waals surface area (Å²) in [6.07, 6.45) is 1.41. The molecule has 1 atom stereocenters. The van der Waals surface area contributed by atoms with Crippen molar-refractivity contribution in [1.29, 1.82) is 0 Å². The van der Waals surface area contributed by atoms with Crippen LogP contribution in [-0.2, 0) is 4.74 Å². The third-order valence-electron chi connectivity index (χ3n) is 3.29. The Bertz CT molecular complexity index is 415. The maximum Gasteiger partial charge on any atom is 0.335 e. The molecule has 5 nitrogen and oxygen atoms in total. The Labute approximate surface area is 119 Å². The first-order valence-electron chi connectivity index (χ1n) is 6.72. The Balaban J connectivity index is 2.35. The van der Waals surface area contributed by atoms with Crippen molar-refractivity contribution >= 4 is 5.97 Å². The zero-order valence-corrected chi connectivity index (χ0v) is 12.0. The van der Waals surface area contributed by atoms with Crippen molar-refractivity contribution in [2.45, 2.75) is 32.3 Å². The Kier molecular flexibility index (Phi) is 6.48. The van der Waals surface area contributed by atoms with Crippen LogP contribution in [0.3, 0.4) is 0 Å². The molecule has 0 aliphatic carbocycles. The number of ether oxygens (including phenoxy) is 2. The van der Waals surface area contributed by atoms with Gasteiger partial charge in [0.2, 0.25) is 0 Å². The zero-order chi connectivity index (χ0) is 15.0. The standard InChI is InChI=1S/C15H22O5/c1-3-15(2,8-9-16)20-11-10-19-13-6-4-12(5-7-13)14(17)18/h4-7,16H,3,8-11H2,1-2H3,(H,17,18). The molecule has 0 saturated carbocycles. The molecule has 0 aliphatic rings. The second-order valence-corrected chi connectivity index (χ2v) is 4.80. The molecule has 0 aromatic heterocycles. The summed E-state index contributed by atoms with van der Waals surface area (Å²) in [5.74, 6) is -0.346. The van der Waals surface area contributed by atoms with Crippen molar-refractivity contribution in [2.75, 3.05) is 19.8 Å². The lowest BCUT2D eigenvalue weighted by Gasteiger charge is -2.27. The van der Waals surface area contributed by atoms with Gasteiger partial charge in [0.1, 0.15) is 12.4 Å². The minimum Gasteiger partial charge on any atom is -0.491 e. The van der Waals surface area contributed by atoms with Gasteiger partial charge >= 0.3 is 5.97 Å². The summed E-state index contributed by atoms with van der Waals surface area (Å²) in [6.45, 7) is 4.88. The van der Waals surface area contributed by atoms with Crippen molar-refractivity contribution in [3.63, 3.8) is 0 Å². The van der Waals surface area contributed by atoms with Crippen LogP contribution in [0, 0.1) is 0 Å². The van der Waals surface area contributed by atoms with Crippen molar-refractivity contribution < 1.29 is 24.5 Å². The van der Waals surface area contributed by atoms with E-state index in [0.29, 0.717) is 25.4 Å². The van der Waals surface area contributed by atoms with Crippen LogP contribution in [0.2, 0.25) is 0 Å². The third kappa shape index (κ3) is 5.19. The molecule has 5 heteroatoms. The molecular formula is C15H22O5. The third-order valence-corrected chi connectivity index (χ3v) is 3.29. The number of carbonyl (C=O) groups is 1. The van der Waals surface area contributed by atoms with Crippen LogP contribution in [0.15, 0.2) is 24.3 Å². The van der Waals surface area contributed by atoms with Crippen LogP contribution >= 0.6 is 0 Å². The first kappa shape index (κ1) is 16.5. The number of aliphatic hydroxyl groups excluding tert-OH is 1. The van der Waals surface area contributed by atoms with Gasteiger partial charge in [-0.15, -0.1) is 0 Å². The molecule has 0 bridgehead atoms. The Morgan fingerprint density at radius 3 is 2.40 bits per heavy atom. The molecule has 0 amide bonds. The van der Waals surface area contributed by atoms with Crippen molar-refractivity contribution in [1.82, 2.24) is 0 Å². The molecule has 2 N–H and O–H groups in total. The van der Waals surface area contributed by atoms with Gasteiger partial charge in [-0.05, 0) is 44.0 Å². The molecular weight excluding hydrogens is 260 g/mol. The van der Waals surface area contributed by atoms with Gasteiger partial charge in [0.25, 0.3) is 0 Å². The first-order chi connectivity index (χ1) is 9.50. The highest BCUT2D eigenvalue weighted by atomic mass is 16.5. The van der Waals surface area contributed by atoms with Crippen LogP contribution < -0.4 is 4.74 Å². The van der Waals surface area contributed by atoms with E-state index in [1.807, 2.05) is 13.8 Å². The van der Waals surface area contributed by atoms with Crippen molar-refractivity contribution in [3.8, 4) is 5.75 Å². The highest BCUT2D eigenvalue weighted by Crippen LogP contribution is 2.19. The van der Waals surface area contributed by atoms with Crippen LogP contribution in [0.5, 0.6) is 5.75 Å². The summed E-state index contributed by atoms with van der Waals surface area (Å²) >= 11 is 0. The van der Waals surface area contributed by atoms with Gasteiger partial charge in [0.05, 0.1) is 17.8 Å². The minimum atomic E-state index is -0.956. The molecule has 0 heterocycles. The number of benzene rings is 1. The lowest BCUT2D eigenvalue weighted by Crippen LogP contribution is -2.31. The van der Waals surface area contributed by atoms with Crippen LogP contribution in [0.1, 0.15) is 37.0 Å². The van der Waals surface area contributed by atoms with Crippen molar-refractivity contribution in [3.05, 3.63) is 29.8 Å². The smallest absolute Gasteiger partial charge is 0.335 e. The molecule has 0 saturated heterocycles. The second-order valence-electron chi connectivity index (χ2n) is 4.80. The summed E-state index contributed by atoms with van der Waals surface area (Å²) in [5, 5.41) is 17.8. The van der Waals surface area contributed by atoms with E-state index in [9.17, 15) is 4.79 Å². The predicted molar refractivity (Wildman–Crippen MR) is 75.2 cm³/mol. The van der Waals surface area contributed by atoms with E-state index in [2.05, 4.69) is 0 Å². The fraction of sp³-hybridized carbons (Fsp3) is 0.533. The number of aromatic carboxylic acids is 1. The molecule has 20 heavy (non-hydrogen) atoms. The molecule has 0 fully saturated rings. The molecule has 0 radical (unpaired) electrons. The molecule has 1 unspecified atom stereocenters. The number of carboxylic acid groups (broad SMARTS) is 1. The van der Waals surface area contributed by atoms with E-state index in [4.69, 9.17) is 19.7 Å². The summed E-state index contributed by atoms with van der Waals surface area (Å²) in [5.41, 5.74) is -0.0965. The largest absolute Gasteiger partial charge is 0.491 e. The van der Waals surface area contributed by atoms with Crippen LogP contribution in [-0.4, -0.2) is 41.6 Å². The normalized spacial score (nSPS) is 13.8. The number of aliphatic hydroxyl groups is 1. The number of hydrogen-bond acceptors (Lipinski definition) is 4. The second kappa shape index (κ2) is 7.87. The molecule has 112 valence electrons. The molecule has 1 aromatic rings. The fourth-order valence-corrected chi connectivity index (χ4v) is 1.73. The summed E-state index contributed by atoms with van der Waals surface area (Å²) in [4.78, 5) is 10.7. The van der Waals surface area contributed by atoms with Gasteiger partial charge in [-0.3, -0.25) is 0 Å². The van der Waals surface area contributed by atoms with Crippen LogP contribution in [0.25, 0.3) is 0 Å². The highest BCUT2D eigenvalue weighted by Gasteiger charge is 2.21. The van der Waals surface area contributed by atoms with E-state index in [1.165, 1.54) is 12.1 Å². The summed E-state index contributed by atoms with van der Waals surface area (Å²) in [7, 11) is 0. The van der Waals surface area contributed by atoms with E-state index in [-0.39, 0.29) is 17.8 Å². The topological polar surface area (TPSA) is 76.0 Å². The summed E-state index contributed by atoms with van der Waals surface area (Å²) < 4.78 is 11.2. The van der Waals surface area contributed by atoms with Gasteiger partial charge in [-0.1, -0.05) is 6.92 Å². The maximum atomic E-state index is 10.7. The van der Waals surface area contributed by atoms with Gasteiger partial charge in [-0.2, -0.15) is 0 Å². The fourth-order valence-electron chi connectivity index (χ4n) is 1.73. The predicted octanol–water partition coefficient (Wildman–Crippen LogP) is 2.33. The average molecular weight is 282 g/mol. The molecule has 1 rings (SSSR count). The monoisotopic (exact) mass is 282 g/mol. The molecule has 0 spiro atoms. The first-order valence-corrected chi connectivity index (χ1v) is 6.72. The van der Waals surface area contributed by atoms with Crippen molar-refractivity contribution in [2.24, 2.45) is 0 Å². The Morgan fingerprint density at radius 1 is 1.25 bits per heavy atom. The van der Waals surface area contributed by atoms with E-state index >= 15 is 0 Å². The number of rotatable bonds is 9. The van der Waals surface area contributed by atoms with Gasteiger partial charge < -0.3 is 19.7 Å². The van der Waals surface area contributed by atoms with Gasteiger partial charge in [0.15, 0.2) is 0 Å².